The molecule has 0 radical (unpaired) electrons. The van der Waals surface area contributed by atoms with Crippen molar-refractivity contribution in [1.29, 1.82) is 0 Å². The molecule has 0 aliphatic rings. The van der Waals surface area contributed by atoms with Gasteiger partial charge in [0.15, 0.2) is 0 Å². The van der Waals surface area contributed by atoms with Crippen molar-refractivity contribution in [2.45, 2.75) is 12.3 Å². The molecule has 0 spiro atoms. The van der Waals surface area contributed by atoms with Gasteiger partial charge in [-0.15, -0.1) is 0 Å². The third-order valence-electron chi connectivity index (χ3n) is 2.26. The number of aliphatic hydroxyl groups is 1. The molecular weight excluding hydrogens is 265 g/mol. The standard InChI is InChI=1S/C11H11F3N2O3/c12-11(13,14)7-3-1-6(2-4-7)10(19)16-5-8(17)9(15)18/h1-4,8,17H,5H2,(H2,15,18)(H,16,19). The molecule has 0 bridgehead atoms. The van der Waals surface area contributed by atoms with Gasteiger partial charge in [0.2, 0.25) is 5.91 Å². The van der Waals surface area contributed by atoms with Gasteiger partial charge in [0.25, 0.3) is 5.91 Å². The maximum absolute atomic E-state index is 12.3. The number of nitrogens with two attached hydrogens (primary N) is 1. The van der Waals surface area contributed by atoms with E-state index in [1.165, 1.54) is 0 Å². The van der Waals surface area contributed by atoms with E-state index in [-0.39, 0.29) is 5.56 Å². The molecule has 0 saturated heterocycles. The highest BCUT2D eigenvalue weighted by atomic mass is 19.4. The van der Waals surface area contributed by atoms with E-state index >= 15 is 0 Å². The summed E-state index contributed by atoms with van der Waals surface area (Å²) in [7, 11) is 0. The van der Waals surface area contributed by atoms with Crippen LogP contribution in [-0.2, 0) is 11.0 Å². The molecule has 0 aliphatic carbocycles. The second-order valence-electron chi connectivity index (χ2n) is 3.70. The number of carbonyl (C=O) groups excluding carboxylic acids is 2. The van der Waals surface area contributed by atoms with Crippen LogP contribution in [0.5, 0.6) is 0 Å². The minimum absolute atomic E-state index is 0.0235. The Labute approximate surface area is 106 Å². The first kappa shape index (κ1) is 15.0. The van der Waals surface area contributed by atoms with Crippen LogP contribution >= 0.6 is 0 Å². The van der Waals surface area contributed by atoms with Gasteiger partial charge in [-0.2, -0.15) is 13.2 Å². The molecule has 8 heteroatoms. The van der Waals surface area contributed by atoms with E-state index in [1.807, 2.05) is 0 Å². The van der Waals surface area contributed by atoms with Crippen LogP contribution in [0.25, 0.3) is 0 Å². The average Bonchev–Trinajstić information content (AvgIpc) is 2.34. The van der Waals surface area contributed by atoms with Crippen LogP contribution in [0.15, 0.2) is 24.3 Å². The van der Waals surface area contributed by atoms with Gasteiger partial charge in [0.05, 0.1) is 12.1 Å². The van der Waals surface area contributed by atoms with Crippen LogP contribution < -0.4 is 11.1 Å². The van der Waals surface area contributed by atoms with Gasteiger partial charge in [-0.3, -0.25) is 9.59 Å². The molecular formula is C11H11F3N2O3. The largest absolute Gasteiger partial charge is 0.416 e. The Kier molecular flexibility index (Phi) is 4.49. The fourth-order valence-electron chi connectivity index (χ4n) is 1.20. The fourth-order valence-corrected chi connectivity index (χ4v) is 1.20. The molecule has 0 saturated carbocycles. The zero-order chi connectivity index (χ0) is 14.6. The van der Waals surface area contributed by atoms with Crippen LogP contribution in [0.1, 0.15) is 15.9 Å². The summed E-state index contributed by atoms with van der Waals surface area (Å²) in [6, 6.07) is 3.52. The van der Waals surface area contributed by atoms with E-state index in [0.717, 1.165) is 24.3 Å². The summed E-state index contributed by atoms with van der Waals surface area (Å²) in [5.74, 6) is -1.72. The van der Waals surface area contributed by atoms with Gasteiger partial charge in [-0.25, -0.2) is 0 Å². The molecule has 0 heterocycles. The maximum Gasteiger partial charge on any atom is 0.416 e. The van der Waals surface area contributed by atoms with Gasteiger partial charge in [0.1, 0.15) is 6.10 Å². The van der Waals surface area contributed by atoms with Crippen molar-refractivity contribution in [2.75, 3.05) is 6.54 Å². The minimum Gasteiger partial charge on any atom is -0.381 e. The predicted molar refractivity (Wildman–Crippen MR) is 59.0 cm³/mol. The van der Waals surface area contributed by atoms with Crippen LogP contribution in [-0.4, -0.2) is 29.6 Å². The SMILES string of the molecule is NC(=O)C(O)CNC(=O)c1ccc(C(F)(F)F)cc1. The van der Waals surface area contributed by atoms with Crippen molar-refractivity contribution >= 4 is 11.8 Å². The Morgan fingerprint density at radius 1 is 1.26 bits per heavy atom. The van der Waals surface area contributed by atoms with Crippen LogP contribution in [0.2, 0.25) is 0 Å². The van der Waals surface area contributed by atoms with Crippen LogP contribution in [0.4, 0.5) is 13.2 Å². The number of alkyl halides is 3. The lowest BCUT2D eigenvalue weighted by Gasteiger charge is -2.10. The molecule has 5 nitrogen and oxygen atoms in total. The van der Waals surface area contributed by atoms with E-state index in [4.69, 9.17) is 10.8 Å². The average molecular weight is 276 g/mol. The topological polar surface area (TPSA) is 92.4 Å². The highest BCUT2D eigenvalue weighted by molar-refractivity contribution is 5.94. The zero-order valence-electron chi connectivity index (χ0n) is 9.57. The molecule has 1 aromatic carbocycles. The van der Waals surface area contributed by atoms with Gasteiger partial charge in [-0.1, -0.05) is 0 Å². The number of hydrogen-bond acceptors (Lipinski definition) is 3. The number of primary amides is 1. The van der Waals surface area contributed by atoms with Crippen LogP contribution in [0, 0.1) is 0 Å². The third-order valence-corrected chi connectivity index (χ3v) is 2.26. The Bertz CT molecular complexity index is 471. The molecule has 1 unspecified atom stereocenters. The first-order valence-electron chi connectivity index (χ1n) is 5.14. The highest BCUT2D eigenvalue weighted by Gasteiger charge is 2.30. The monoisotopic (exact) mass is 276 g/mol. The molecule has 2 amide bonds. The quantitative estimate of drug-likeness (QED) is 0.737. The summed E-state index contributed by atoms with van der Waals surface area (Å²) in [4.78, 5) is 22.0. The number of carbonyl (C=O) groups is 2. The van der Waals surface area contributed by atoms with E-state index < -0.39 is 36.2 Å². The highest BCUT2D eigenvalue weighted by Crippen LogP contribution is 2.28. The van der Waals surface area contributed by atoms with Gasteiger partial charge >= 0.3 is 6.18 Å². The zero-order valence-corrected chi connectivity index (χ0v) is 9.57. The molecule has 1 aromatic rings. The lowest BCUT2D eigenvalue weighted by molar-refractivity contribution is -0.137. The van der Waals surface area contributed by atoms with Gasteiger partial charge in [-0.05, 0) is 24.3 Å². The molecule has 1 rings (SSSR count). The molecule has 104 valence electrons. The van der Waals surface area contributed by atoms with E-state index in [9.17, 15) is 22.8 Å². The number of halogens is 3. The Morgan fingerprint density at radius 3 is 2.21 bits per heavy atom. The Morgan fingerprint density at radius 2 is 1.79 bits per heavy atom. The van der Waals surface area contributed by atoms with Crippen LogP contribution in [0.3, 0.4) is 0 Å². The smallest absolute Gasteiger partial charge is 0.381 e. The minimum atomic E-state index is -4.48. The van der Waals surface area contributed by atoms with Gasteiger partial charge < -0.3 is 16.2 Å². The molecule has 0 fully saturated rings. The summed E-state index contributed by atoms with van der Waals surface area (Å²) in [5.41, 5.74) is 3.87. The van der Waals surface area contributed by atoms with Crippen molar-refractivity contribution in [3.63, 3.8) is 0 Å². The Balaban J connectivity index is 2.66. The molecule has 0 aliphatic heterocycles. The van der Waals surface area contributed by atoms with E-state index in [0.29, 0.717) is 0 Å². The molecule has 0 aromatic heterocycles. The van der Waals surface area contributed by atoms with E-state index in [1.54, 1.807) is 0 Å². The Hall–Kier alpha value is -2.09. The van der Waals surface area contributed by atoms with Crippen molar-refractivity contribution in [2.24, 2.45) is 5.73 Å². The number of nitrogens with one attached hydrogen (secondary N) is 1. The maximum atomic E-state index is 12.3. The summed E-state index contributed by atoms with van der Waals surface area (Å²) in [5, 5.41) is 11.2. The summed E-state index contributed by atoms with van der Waals surface area (Å²) in [6.07, 6.45) is -6.02. The van der Waals surface area contributed by atoms with E-state index in [2.05, 4.69) is 5.32 Å². The first-order chi connectivity index (χ1) is 8.71. The lowest BCUT2D eigenvalue weighted by Crippen LogP contribution is -2.39. The number of benzene rings is 1. The molecule has 19 heavy (non-hydrogen) atoms. The molecule has 1 atom stereocenters. The van der Waals surface area contributed by atoms with Crippen molar-refractivity contribution < 1.29 is 27.9 Å². The third kappa shape index (κ3) is 4.25. The van der Waals surface area contributed by atoms with Crippen molar-refractivity contribution in [3.8, 4) is 0 Å². The number of hydrogen-bond donors (Lipinski definition) is 3. The summed E-state index contributed by atoms with van der Waals surface area (Å²) < 4.78 is 36.8. The van der Waals surface area contributed by atoms with Crippen molar-refractivity contribution in [1.82, 2.24) is 5.32 Å². The lowest BCUT2D eigenvalue weighted by atomic mass is 10.1. The fraction of sp³-hybridized carbons (Fsp3) is 0.273. The van der Waals surface area contributed by atoms with Gasteiger partial charge in [0, 0.05) is 5.56 Å². The van der Waals surface area contributed by atoms with Crippen molar-refractivity contribution in [3.05, 3.63) is 35.4 Å². The first-order valence-corrected chi connectivity index (χ1v) is 5.14. The number of aliphatic hydroxyl groups excluding tert-OH is 1. The summed E-state index contributed by atoms with van der Waals surface area (Å²) in [6.45, 7) is -0.408. The second kappa shape index (κ2) is 5.70. The molecule has 4 N–H and O–H groups in total. The second-order valence-corrected chi connectivity index (χ2v) is 3.70. The number of amides is 2. The number of rotatable bonds is 4. The predicted octanol–water partition coefficient (Wildman–Crippen LogP) is 0.281. The normalized spacial score (nSPS) is 12.8. The summed E-state index contributed by atoms with van der Waals surface area (Å²) >= 11 is 0.